The smallest absolute Gasteiger partial charge is 0.408 e. The van der Waals surface area contributed by atoms with Gasteiger partial charge in [-0.05, 0) is 43.0 Å². The number of ether oxygens (including phenoxy) is 1. The SMILES string of the molecule is Cl.Nc1cc(F)ccc1N1CCC(NC(=O)C2(NC(=O)OCc3ccccc3)CCCCC2)C(O)C1. The monoisotopic (exact) mass is 520 g/mol. The first-order valence-corrected chi connectivity index (χ1v) is 12.1. The van der Waals surface area contributed by atoms with Gasteiger partial charge in [0, 0.05) is 13.1 Å². The highest BCUT2D eigenvalue weighted by atomic mass is 35.5. The Labute approximate surface area is 216 Å². The minimum Gasteiger partial charge on any atom is -0.445 e. The van der Waals surface area contributed by atoms with Crippen molar-refractivity contribution in [3.63, 3.8) is 0 Å². The van der Waals surface area contributed by atoms with Crippen LogP contribution >= 0.6 is 12.4 Å². The number of nitrogens with one attached hydrogen (secondary N) is 2. The quantitative estimate of drug-likeness (QED) is 0.433. The van der Waals surface area contributed by atoms with Gasteiger partial charge in [-0.15, -0.1) is 12.4 Å². The van der Waals surface area contributed by atoms with Gasteiger partial charge in [0.15, 0.2) is 0 Å². The van der Waals surface area contributed by atoms with Crippen LogP contribution in [0.1, 0.15) is 44.1 Å². The Morgan fingerprint density at radius 1 is 1.14 bits per heavy atom. The number of benzene rings is 2. The molecule has 1 aliphatic heterocycles. The summed E-state index contributed by atoms with van der Waals surface area (Å²) in [5.41, 5.74) is 6.71. The van der Waals surface area contributed by atoms with Crippen LogP contribution in [-0.2, 0) is 16.1 Å². The number of carbonyl (C=O) groups is 2. The van der Waals surface area contributed by atoms with Crippen molar-refractivity contribution >= 4 is 35.8 Å². The number of halogens is 2. The van der Waals surface area contributed by atoms with Gasteiger partial charge in [0.1, 0.15) is 18.0 Å². The van der Waals surface area contributed by atoms with Gasteiger partial charge in [0.25, 0.3) is 0 Å². The minimum absolute atomic E-state index is 0. The molecule has 2 atom stereocenters. The van der Waals surface area contributed by atoms with Gasteiger partial charge in [-0.1, -0.05) is 49.6 Å². The average Bonchev–Trinajstić information content (AvgIpc) is 2.85. The Bertz CT molecular complexity index is 1040. The third-order valence-electron chi connectivity index (χ3n) is 6.92. The summed E-state index contributed by atoms with van der Waals surface area (Å²) in [5.74, 6) is -0.714. The molecule has 10 heteroatoms. The van der Waals surface area contributed by atoms with Crippen molar-refractivity contribution in [1.29, 1.82) is 0 Å². The summed E-state index contributed by atoms with van der Waals surface area (Å²) in [7, 11) is 0. The van der Waals surface area contributed by atoms with E-state index in [0.29, 0.717) is 37.2 Å². The maximum absolute atomic E-state index is 13.4. The van der Waals surface area contributed by atoms with Crippen molar-refractivity contribution < 1.29 is 23.8 Å². The summed E-state index contributed by atoms with van der Waals surface area (Å²) in [6, 6.07) is 13.1. The van der Waals surface area contributed by atoms with E-state index in [2.05, 4.69) is 10.6 Å². The molecule has 0 radical (unpaired) electrons. The van der Waals surface area contributed by atoms with Crippen LogP contribution in [-0.4, -0.2) is 47.9 Å². The van der Waals surface area contributed by atoms with Crippen LogP contribution in [0, 0.1) is 5.82 Å². The van der Waals surface area contributed by atoms with E-state index >= 15 is 0 Å². The molecule has 2 unspecified atom stereocenters. The van der Waals surface area contributed by atoms with Crippen LogP contribution in [0.25, 0.3) is 0 Å². The molecular weight excluding hydrogens is 487 g/mol. The zero-order valence-corrected chi connectivity index (χ0v) is 20.9. The van der Waals surface area contributed by atoms with E-state index in [1.54, 1.807) is 6.07 Å². The molecule has 5 N–H and O–H groups in total. The van der Waals surface area contributed by atoms with Crippen LogP contribution in [0.4, 0.5) is 20.6 Å². The first kappa shape index (κ1) is 27.5. The first-order chi connectivity index (χ1) is 16.9. The number of aliphatic hydroxyl groups is 1. The summed E-state index contributed by atoms with van der Waals surface area (Å²) in [5, 5.41) is 16.6. The fraction of sp³-hybridized carbons (Fsp3) is 0.462. The van der Waals surface area contributed by atoms with E-state index in [1.165, 1.54) is 12.1 Å². The number of nitrogen functional groups attached to an aromatic ring is 1. The summed E-state index contributed by atoms with van der Waals surface area (Å²) in [6.07, 6.45) is 2.67. The van der Waals surface area contributed by atoms with E-state index in [9.17, 15) is 19.1 Å². The maximum Gasteiger partial charge on any atom is 0.408 e. The zero-order chi connectivity index (χ0) is 24.8. The van der Waals surface area contributed by atoms with E-state index in [0.717, 1.165) is 24.8 Å². The van der Waals surface area contributed by atoms with Crippen LogP contribution in [0.2, 0.25) is 0 Å². The highest BCUT2D eigenvalue weighted by molar-refractivity contribution is 5.90. The molecule has 2 amide bonds. The van der Waals surface area contributed by atoms with Crippen LogP contribution < -0.4 is 21.3 Å². The number of hydrogen-bond donors (Lipinski definition) is 4. The van der Waals surface area contributed by atoms with Crippen LogP contribution in [0.3, 0.4) is 0 Å². The highest BCUT2D eigenvalue weighted by Crippen LogP contribution is 2.30. The van der Waals surface area contributed by atoms with E-state index in [-0.39, 0.29) is 31.5 Å². The predicted octanol–water partition coefficient (Wildman–Crippen LogP) is 3.51. The van der Waals surface area contributed by atoms with E-state index in [4.69, 9.17) is 10.5 Å². The molecule has 4 rings (SSSR count). The summed E-state index contributed by atoms with van der Waals surface area (Å²) in [6.45, 7) is 0.909. The second-order valence-electron chi connectivity index (χ2n) is 9.41. The fourth-order valence-corrected chi connectivity index (χ4v) is 4.96. The molecule has 2 aliphatic rings. The number of nitrogens with two attached hydrogens (primary N) is 1. The van der Waals surface area contributed by atoms with Gasteiger partial charge in [-0.25, -0.2) is 9.18 Å². The third-order valence-corrected chi connectivity index (χ3v) is 6.92. The number of hydrogen-bond acceptors (Lipinski definition) is 6. The lowest BCUT2D eigenvalue weighted by atomic mass is 9.80. The van der Waals surface area contributed by atoms with Gasteiger partial charge in [0.05, 0.1) is 23.5 Å². The topological polar surface area (TPSA) is 117 Å². The standard InChI is InChI=1S/C26H33FN4O4.ClH/c27-19-9-10-22(20(28)15-19)31-14-11-21(23(32)16-31)29-24(33)26(12-5-2-6-13-26)30-25(34)35-17-18-7-3-1-4-8-18;/h1,3-4,7-10,15,21,23,32H,2,5-6,11-14,16-17,28H2,(H,29,33)(H,30,34);1H. The Morgan fingerprint density at radius 3 is 2.53 bits per heavy atom. The molecular formula is C26H34ClFN4O4. The molecule has 1 aliphatic carbocycles. The highest BCUT2D eigenvalue weighted by Gasteiger charge is 2.43. The number of carbonyl (C=O) groups excluding carboxylic acids is 2. The normalized spacial score (nSPS) is 21.1. The minimum atomic E-state index is -1.07. The van der Waals surface area contributed by atoms with Crippen molar-refractivity contribution in [2.45, 2.75) is 62.8 Å². The molecule has 0 bridgehead atoms. The second kappa shape index (κ2) is 12.3. The number of rotatable bonds is 6. The van der Waals surface area contributed by atoms with Crippen LogP contribution in [0.5, 0.6) is 0 Å². The molecule has 1 saturated heterocycles. The largest absolute Gasteiger partial charge is 0.445 e. The number of anilines is 2. The number of β-amino-alcohol motifs (C(OH)–C–C–N with tert-alkyl or cyclic N) is 1. The van der Waals surface area contributed by atoms with Gasteiger partial charge < -0.3 is 31.1 Å². The first-order valence-electron chi connectivity index (χ1n) is 12.1. The lowest BCUT2D eigenvalue weighted by Crippen LogP contribution is -2.64. The van der Waals surface area contributed by atoms with Crippen molar-refractivity contribution in [2.75, 3.05) is 23.7 Å². The summed E-state index contributed by atoms with van der Waals surface area (Å²) in [4.78, 5) is 27.9. The molecule has 2 fully saturated rings. The van der Waals surface area contributed by atoms with Gasteiger partial charge in [-0.3, -0.25) is 4.79 Å². The molecule has 1 saturated carbocycles. The molecule has 2 aromatic carbocycles. The lowest BCUT2D eigenvalue weighted by molar-refractivity contribution is -0.130. The predicted molar refractivity (Wildman–Crippen MR) is 138 cm³/mol. The fourth-order valence-electron chi connectivity index (χ4n) is 4.96. The number of alkyl carbamates (subject to hydrolysis) is 1. The molecule has 0 aromatic heterocycles. The van der Waals surface area contributed by atoms with E-state index < -0.39 is 29.6 Å². The Morgan fingerprint density at radius 2 is 1.86 bits per heavy atom. The van der Waals surface area contributed by atoms with E-state index in [1.807, 2.05) is 35.2 Å². The van der Waals surface area contributed by atoms with Crippen molar-refractivity contribution in [3.05, 3.63) is 59.9 Å². The van der Waals surface area contributed by atoms with Crippen molar-refractivity contribution in [3.8, 4) is 0 Å². The van der Waals surface area contributed by atoms with Crippen LogP contribution in [0.15, 0.2) is 48.5 Å². The molecule has 1 heterocycles. The second-order valence-corrected chi connectivity index (χ2v) is 9.41. The molecule has 8 nitrogen and oxygen atoms in total. The van der Waals surface area contributed by atoms with Gasteiger partial charge in [0.2, 0.25) is 5.91 Å². The molecule has 2 aromatic rings. The molecule has 36 heavy (non-hydrogen) atoms. The van der Waals surface area contributed by atoms with Crippen molar-refractivity contribution in [1.82, 2.24) is 10.6 Å². The summed E-state index contributed by atoms with van der Waals surface area (Å²) >= 11 is 0. The molecule has 196 valence electrons. The van der Waals surface area contributed by atoms with Gasteiger partial charge in [-0.2, -0.15) is 0 Å². The Kier molecular flexibility index (Phi) is 9.39. The summed E-state index contributed by atoms with van der Waals surface area (Å²) < 4.78 is 18.8. The number of piperidine rings is 1. The Hall–Kier alpha value is -3.04. The van der Waals surface area contributed by atoms with Crippen molar-refractivity contribution in [2.24, 2.45) is 0 Å². The van der Waals surface area contributed by atoms with Gasteiger partial charge >= 0.3 is 6.09 Å². The third kappa shape index (κ3) is 6.59. The maximum atomic E-state index is 13.4. The number of nitrogens with zero attached hydrogens (tertiary/aromatic N) is 1. The number of amides is 2. The molecule has 0 spiro atoms. The zero-order valence-electron chi connectivity index (χ0n) is 20.1. The lowest BCUT2D eigenvalue weighted by Gasteiger charge is -2.41. The average molecular weight is 521 g/mol. The Balaban J connectivity index is 0.00000361. The number of aliphatic hydroxyl groups excluding tert-OH is 1.